The molecule has 0 spiro atoms. The van der Waals surface area contributed by atoms with Crippen LogP contribution in [0.15, 0.2) is 55.2 Å². The summed E-state index contributed by atoms with van der Waals surface area (Å²) in [4.78, 5) is 35.1. The number of carbonyl (C=O) groups excluding carboxylic acids is 1. The summed E-state index contributed by atoms with van der Waals surface area (Å²) in [5.41, 5.74) is 4.47. The predicted octanol–water partition coefficient (Wildman–Crippen LogP) is 6.01. The molecule has 0 aliphatic heterocycles. The molecule has 0 aliphatic carbocycles. The van der Waals surface area contributed by atoms with Gasteiger partial charge in [-0.25, -0.2) is 13.8 Å². The summed E-state index contributed by atoms with van der Waals surface area (Å²) in [5, 5.41) is 13.4. The first kappa shape index (κ1) is 29.8. The molecule has 0 atom stereocenters. The molecule has 0 bridgehead atoms. The van der Waals surface area contributed by atoms with E-state index in [-0.39, 0.29) is 22.7 Å². The number of carbonyl (C=O) groups is 1. The van der Waals surface area contributed by atoms with Gasteiger partial charge < -0.3 is 20.5 Å². The largest absolute Gasteiger partial charge is 0.384 e. The third-order valence-corrected chi connectivity index (χ3v) is 7.31. The first-order chi connectivity index (χ1) is 21.8. The molecule has 230 valence electrons. The van der Waals surface area contributed by atoms with Gasteiger partial charge in [0.15, 0.2) is 11.6 Å². The van der Waals surface area contributed by atoms with Crippen LogP contribution in [0.25, 0.3) is 55.8 Å². The van der Waals surface area contributed by atoms with Crippen molar-refractivity contribution in [3.05, 3.63) is 66.9 Å². The van der Waals surface area contributed by atoms with Gasteiger partial charge in [-0.15, -0.1) is 0 Å². The summed E-state index contributed by atoms with van der Waals surface area (Å²) in [7, 11) is 3.94. The molecule has 4 N–H and O–H groups in total. The Labute approximate surface area is 257 Å². The predicted molar refractivity (Wildman–Crippen MR) is 171 cm³/mol. The molecule has 0 saturated carbocycles. The number of aromatic amines is 2. The molecule has 0 saturated heterocycles. The van der Waals surface area contributed by atoms with Crippen LogP contribution in [0, 0.1) is 11.6 Å². The summed E-state index contributed by atoms with van der Waals surface area (Å²) in [6.07, 6.45) is 9.77. The zero-order valence-electron chi connectivity index (χ0n) is 25.1. The van der Waals surface area contributed by atoms with Gasteiger partial charge in [0.1, 0.15) is 17.2 Å². The first-order valence-corrected chi connectivity index (χ1v) is 14.6. The van der Waals surface area contributed by atoms with Gasteiger partial charge in [0.25, 0.3) is 0 Å². The van der Waals surface area contributed by atoms with E-state index in [1.165, 1.54) is 30.7 Å². The van der Waals surface area contributed by atoms with Crippen molar-refractivity contribution in [1.29, 1.82) is 0 Å². The molecule has 1 aromatic carbocycles. The molecular formula is C32H32F2N10O. The normalized spacial score (nSPS) is 11.5. The van der Waals surface area contributed by atoms with Gasteiger partial charge in [0.2, 0.25) is 5.91 Å². The van der Waals surface area contributed by atoms with Gasteiger partial charge in [0.05, 0.1) is 46.2 Å². The van der Waals surface area contributed by atoms with Crippen molar-refractivity contribution in [3.63, 3.8) is 0 Å². The Bertz CT molecular complexity index is 2000. The minimum atomic E-state index is -0.620. The molecule has 0 aliphatic rings. The number of nitrogens with zero attached hydrogens (tertiary/aromatic N) is 6. The number of unbranched alkanes of at least 4 members (excludes halogenated alkanes) is 1. The van der Waals surface area contributed by atoms with Crippen LogP contribution < -0.4 is 10.6 Å². The van der Waals surface area contributed by atoms with Gasteiger partial charge in [-0.2, -0.15) is 5.10 Å². The van der Waals surface area contributed by atoms with Crippen molar-refractivity contribution in [2.45, 2.75) is 26.2 Å². The molecule has 45 heavy (non-hydrogen) atoms. The van der Waals surface area contributed by atoms with Gasteiger partial charge in [-0.3, -0.25) is 24.8 Å². The lowest BCUT2D eigenvalue weighted by Gasteiger charge is -2.12. The van der Waals surface area contributed by atoms with Crippen molar-refractivity contribution in [3.8, 4) is 33.9 Å². The van der Waals surface area contributed by atoms with Crippen LogP contribution in [0.2, 0.25) is 0 Å². The van der Waals surface area contributed by atoms with E-state index in [1.807, 2.05) is 32.0 Å². The second-order valence-corrected chi connectivity index (χ2v) is 11.0. The number of hydrogen-bond donors (Lipinski definition) is 4. The molecule has 6 rings (SSSR count). The summed E-state index contributed by atoms with van der Waals surface area (Å²) >= 11 is 0. The number of pyridine rings is 3. The highest BCUT2D eigenvalue weighted by Gasteiger charge is 2.22. The standard InChI is InChI=1S/C32H32F2N10O/c1-4-5-6-26(45)39-22-11-19(13-35-14-22)29-28(34)27-24(17-38-29)42-43-31(27)32-40-25-16-36-15-23(30(25)41-32)18-9-20(33)12-21(10-18)37-7-8-44(2)3/h9-17,37H,4-8H2,1-3H3,(H,39,45)(H,40,41)(H,42,43). The summed E-state index contributed by atoms with van der Waals surface area (Å²) in [6, 6.07) is 6.35. The maximum atomic E-state index is 16.2. The number of nitrogens with one attached hydrogen (secondary N) is 4. The average molecular weight is 611 g/mol. The monoisotopic (exact) mass is 610 g/mol. The van der Waals surface area contributed by atoms with Crippen LogP contribution in [0.4, 0.5) is 20.2 Å². The smallest absolute Gasteiger partial charge is 0.224 e. The van der Waals surface area contributed by atoms with Gasteiger partial charge in [-0.1, -0.05) is 13.3 Å². The Hall–Kier alpha value is -5.30. The summed E-state index contributed by atoms with van der Waals surface area (Å²) in [5.74, 6) is -0.847. The zero-order chi connectivity index (χ0) is 31.5. The van der Waals surface area contributed by atoms with E-state index in [1.54, 1.807) is 18.5 Å². The van der Waals surface area contributed by atoms with Crippen molar-refractivity contribution in [2.75, 3.05) is 37.8 Å². The topological polar surface area (TPSA) is 140 Å². The number of rotatable bonds is 11. The molecule has 6 aromatic rings. The highest BCUT2D eigenvalue weighted by Crippen LogP contribution is 2.35. The summed E-state index contributed by atoms with van der Waals surface area (Å²) in [6.45, 7) is 3.44. The molecule has 0 fully saturated rings. The number of imidazole rings is 1. The number of hydrogen-bond acceptors (Lipinski definition) is 8. The highest BCUT2D eigenvalue weighted by atomic mass is 19.1. The zero-order valence-corrected chi connectivity index (χ0v) is 25.1. The highest BCUT2D eigenvalue weighted by molar-refractivity contribution is 5.98. The van der Waals surface area contributed by atoms with Crippen LogP contribution in [0.1, 0.15) is 26.2 Å². The fourth-order valence-electron chi connectivity index (χ4n) is 5.07. The van der Waals surface area contributed by atoms with Crippen molar-refractivity contribution in [1.82, 2.24) is 40.0 Å². The number of benzene rings is 1. The maximum absolute atomic E-state index is 16.2. The van der Waals surface area contributed by atoms with E-state index < -0.39 is 11.6 Å². The second kappa shape index (κ2) is 12.7. The molecule has 13 heteroatoms. The van der Waals surface area contributed by atoms with Crippen LogP contribution in [0.3, 0.4) is 0 Å². The van der Waals surface area contributed by atoms with Crippen LogP contribution in [0.5, 0.6) is 0 Å². The fourth-order valence-corrected chi connectivity index (χ4v) is 5.07. The minimum absolute atomic E-state index is 0.0508. The van der Waals surface area contributed by atoms with E-state index in [0.29, 0.717) is 63.4 Å². The molecular weight excluding hydrogens is 578 g/mol. The second-order valence-electron chi connectivity index (χ2n) is 11.0. The quantitative estimate of drug-likeness (QED) is 0.140. The van der Waals surface area contributed by atoms with Crippen molar-refractivity contribution < 1.29 is 13.6 Å². The molecule has 1 amide bonds. The van der Waals surface area contributed by atoms with Gasteiger partial charge in [-0.05, 0) is 50.3 Å². The van der Waals surface area contributed by atoms with Crippen molar-refractivity contribution >= 4 is 39.2 Å². The number of fused-ring (bicyclic) bond motifs is 2. The number of aromatic nitrogens is 7. The Morgan fingerprint density at radius 3 is 2.58 bits per heavy atom. The Balaban J connectivity index is 1.36. The Kier molecular flexibility index (Phi) is 8.43. The SMILES string of the molecule is CCCCC(=O)Nc1cncc(-c2ncc3[nH]nc(-c4nc5c(-c6cc(F)cc(NCCN(C)C)c6)cncc5[nH]4)c3c2F)c1. The van der Waals surface area contributed by atoms with E-state index in [2.05, 4.69) is 40.8 Å². The first-order valence-electron chi connectivity index (χ1n) is 14.6. The van der Waals surface area contributed by atoms with E-state index >= 15 is 4.39 Å². The lowest BCUT2D eigenvalue weighted by molar-refractivity contribution is -0.116. The van der Waals surface area contributed by atoms with E-state index in [9.17, 15) is 9.18 Å². The van der Waals surface area contributed by atoms with Gasteiger partial charge in [0, 0.05) is 48.7 Å². The minimum Gasteiger partial charge on any atom is -0.384 e. The van der Waals surface area contributed by atoms with E-state index in [0.717, 1.165) is 19.4 Å². The van der Waals surface area contributed by atoms with E-state index in [4.69, 9.17) is 4.98 Å². The Morgan fingerprint density at radius 2 is 1.76 bits per heavy atom. The van der Waals surface area contributed by atoms with Crippen LogP contribution >= 0.6 is 0 Å². The third kappa shape index (κ3) is 6.34. The molecule has 5 aromatic heterocycles. The lowest BCUT2D eigenvalue weighted by Crippen LogP contribution is -2.20. The molecule has 11 nitrogen and oxygen atoms in total. The van der Waals surface area contributed by atoms with Gasteiger partial charge >= 0.3 is 0 Å². The number of likely N-dealkylation sites (N-methyl/N-ethyl adjacent to an activating group) is 1. The fraction of sp³-hybridized carbons (Fsp3) is 0.250. The van der Waals surface area contributed by atoms with Crippen molar-refractivity contribution in [2.24, 2.45) is 0 Å². The van der Waals surface area contributed by atoms with Crippen LogP contribution in [-0.2, 0) is 4.79 Å². The third-order valence-electron chi connectivity index (χ3n) is 7.31. The lowest BCUT2D eigenvalue weighted by atomic mass is 10.1. The number of amides is 1. The maximum Gasteiger partial charge on any atom is 0.224 e. The Morgan fingerprint density at radius 1 is 0.933 bits per heavy atom. The molecule has 5 heterocycles. The average Bonchev–Trinajstić information content (AvgIpc) is 3.65. The number of halogens is 2. The number of H-pyrrole nitrogens is 2. The van der Waals surface area contributed by atoms with Crippen LogP contribution in [-0.4, -0.2) is 73.1 Å². The number of anilines is 2. The summed E-state index contributed by atoms with van der Waals surface area (Å²) < 4.78 is 30.9. The molecule has 0 radical (unpaired) electrons. The molecule has 0 unspecified atom stereocenters.